The van der Waals surface area contributed by atoms with Crippen molar-refractivity contribution in [1.29, 1.82) is 0 Å². The Balaban J connectivity index is 2.15. The Bertz CT molecular complexity index is 589. The highest BCUT2D eigenvalue weighted by Gasteiger charge is 2.27. The molecule has 1 aromatic carbocycles. The van der Waals surface area contributed by atoms with Crippen molar-refractivity contribution in [2.24, 2.45) is 0 Å². The largest absolute Gasteiger partial charge is 0.491 e. The number of H-pyrrole nitrogens is 1. The molecule has 2 heterocycles. The minimum Gasteiger partial charge on any atom is -0.491 e. The van der Waals surface area contributed by atoms with E-state index in [1.807, 2.05) is 24.3 Å². The molecule has 0 saturated heterocycles. The molecule has 0 radical (unpaired) electrons. The Morgan fingerprint density at radius 2 is 2.31 bits per heavy atom. The molecule has 5 nitrogen and oxygen atoms in total. The smallest absolute Gasteiger partial charge is 0.221 e. The molecule has 0 aliphatic carbocycles. The average Bonchev–Trinajstić information content (AvgIpc) is 2.83. The summed E-state index contributed by atoms with van der Waals surface area (Å²) in [6.45, 7) is 0.539. The first-order valence-electron chi connectivity index (χ1n) is 4.91. The zero-order valence-electron chi connectivity index (χ0n) is 8.38. The highest BCUT2D eigenvalue weighted by molar-refractivity contribution is 7.71. The maximum Gasteiger partial charge on any atom is 0.221 e. The lowest BCUT2D eigenvalue weighted by molar-refractivity contribution is 0.316. The van der Waals surface area contributed by atoms with Gasteiger partial charge in [0.1, 0.15) is 18.4 Å². The van der Waals surface area contributed by atoms with Gasteiger partial charge < -0.3 is 10.5 Å². The van der Waals surface area contributed by atoms with Gasteiger partial charge in [0.2, 0.25) is 5.95 Å². The van der Waals surface area contributed by atoms with Crippen LogP contribution in [0.1, 0.15) is 11.6 Å². The van der Waals surface area contributed by atoms with Crippen LogP contribution in [0.4, 0.5) is 5.95 Å². The fraction of sp³-hybridized carbons (Fsp3) is 0.200. The second-order valence-electron chi connectivity index (χ2n) is 3.62. The van der Waals surface area contributed by atoms with Gasteiger partial charge >= 0.3 is 0 Å². The van der Waals surface area contributed by atoms with Gasteiger partial charge in [-0.15, -0.1) is 5.10 Å². The van der Waals surface area contributed by atoms with Gasteiger partial charge in [0, 0.05) is 5.56 Å². The highest BCUT2D eigenvalue weighted by Crippen LogP contribution is 2.35. The van der Waals surface area contributed by atoms with Crippen LogP contribution >= 0.6 is 12.2 Å². The molecule has 0 amide bonds. The van der Waals surface area contributed by atoms with E-state index in [4.69, 9.17) is 22.7 Å². The lowest BCUT2D eigenvalue weighted by Crippen LogP contribution is -2.14. The van der Waals surface area contributed by atoms with E-state index in [-0.39, 0.29) is 6.04 Å². The Morgan fingerprint density at radius 1 is 1.50 bits per heavy atom. The number of aromatic nitrogens is 3. The van der Waals surface area contributed by atoms with Crippen LogP contribution in [0.2, 0.25) is 0 Å². The summed E-state index contributed by atoms with van der Waals surface area (Å²) in [7, 11) is 0. The SMILES string of the molecule is Nc1n[nH]c(=S)n1C1COc2ccccc21. The number of anilines is 1. The highest BCUT2D eigenvalue weighted by atomic mass is 32.1. The molecule has 1 aliphatic rings. The molecule has 1 atom stereocenters. The van der Waals surface area contributed by atoms with Crippen molar-refractivity contribution in [3.63, 3.8) is 0 Å². The molecule has 1 aromatic heterocycles. The van der Waals surface area contributed by atoms with Gasteiger partial charge in [-0.3, -0.25) is 4.57 Å². The Labute approximate surface area is 96.9 Å². The number of hydrogen-bond donors (Lipinski definition) is 2. The van der Waals surface area contributed by atoms with Crippen molar-refractivity contribution >= 4 is 18.2 Å². The van der Waals surface area contributed by atoms with Crippen LogP contribution in [0.25, 0.3) is 0 Å². The number of fused-ring (bicyclic) bond motifs is 1. The number of nitrogens with one attached hydrogen (secondary N) is 1. The van der Waals surface area contributed by atoms with E-state index in [1.165, 1.54) is 0 Å². The van der Waals surface area contributed by atoms with Gasteiger partial charge in [-0.1, -0.05) is 18.2 Å². The lowest BCUT2D eigenvalue weighted by atomic mass is 10.1. The predicted molar refractivity (Wildman–Crippen MR) is 61.9 cm³/mol. The zero-order chi connectivity index (χ0) is 11.1. The van der Waals surface area contributed by atoms with Gasteiger partial charge in [0.25, 0.3) is 0 Å². The molecular weight excluding hydrogens is 224 g/mol. The number of para-hydroxylation sites is 1. The van der Waals surface area contributed by atoms with Gasteiger partial charge in [-0.25, -0.2) is 5.10 Å². The molecule has 0 spiro atoms. The minimum absolute atomic E-state index is 0.0162. The number of aromatic amines is 1. The fourth-order valence-corrected chi connectivity index (χ4v) is 2.24. The van der Waals surface area contributed by atoms with Crippen LogP contribution < -0.4 is 10.5 Å². The summed E-state index contributed by atoms with van der Waals surface area (Å²) in [6, 6.07) is 7.89. The van der Waals surface area contributed by atoms with Crippen molar-refractivity contribution in [1.82, 2.24) is 14.8 Å². The predicted octanol–water partition coefficient (Wildman–Crippen LogP) is 1.50. The molecule has 6 heteroatoms. The molecule has 16 heavy (non-hydrogen) atoms. The Hall–Kier alpha value is -1.82. The summed E-state index contributed by atoms with van der Waals surface area (Å²) in [5.74, 6) is 1.27. The topological polar surface area (TPSA) is 68.9 Å². The summed E-state index contributed by atoms with van der Waals surface area (Å²) >= 11 is 5.15. The van der Waals surface area contributed by atoms with Crippen LogP contribution in [-0.2, 0) is 0 Å². The van der Waals surface area contributed by atoms with Crippen molar-refractivity contribution in [2.75, 3.05) is 12.3 Å². The first-order chi connectivity index (χ1) is 7.77. The molecular formula is C10H10N4OS. The summed E-state index contributed by atoms with van der Waals surface area (Å²) in [4.78, 5) is 0. The molecule has 1 unspecified atom stereocenters. The van der Waals surface area contributed by atoms with Gasteiger partial charge in [-0.05, 0) is 18.3 Å². The molecule has 1 aliphatic heterocycles. The number of nitrogen functional groups attached to an aromatic ring is 1. The summed E-state index contributed by atoms with van der Waals surface area (Å²) in [6.07, 6.45) is 0. The van der Waals surface area contributed by atoms with E-state index in [1.54, 1.807) is 4.57 Å². The molecule has 0 saturated carbocycles. The van der Waals surface area contributed by atoms with Crippen LogP contribution in [-0.4, -0.2) is 21.4 Å². The third kappa shape index (κ3) is 1.23. The molecule has 2 aromatic rings. The zero-order valence-corrected chi connectivity index (χ0v) is 9.20. The van der Waals surface area contributed by atoms with E-state index in [9.17, 15) is 0 Å². The van der Waals surface area contributed by atoms with E-state index >= 15 is 0 Å². The normalized spacial score (nSPS) is 18.1. The number of rotatable bonds is 1. The monoisotopic (exact) mass is 234 g/mol. The van der Waals surface area contributed by atoms with Crippen molar-refractivity contribution < 1.29 is 4.74 Å². The van der Waals surface area contributed by atoms with E-state index in [2.05, 4.69) is 10.2 Å². The summed E-state index contributed by atoms with van der Waals surface area (Å²) in [5.41, 5.74) is 6.87. The van der Waals surface area contributed by atoms with Gasteiger partial charge in [0.05, 0.1) is 0 Å². The van der Waals surface area contributed by atoms with Gasteiger partial charge in [0.15, 0.2) is 4.77 Å². The second-order valence-corrected chi connectivity index (χ2v) is 4.01. The third-order valence-corrected chi connectivity index (χ3v) is 3.01. The second kappa shape index (κ2) is 3.34. The first-order valence-corrected chi connectivity index (χ1v) is 5.32. The number of nitrogens with zero attached hydrogens (tertiary/aromatic N) is 2. The fourth-order valence-electron chi connectivity index (χ4n) is 1.98. The summed E-state index contributed by atoms with van der Waals surface area (Å²) in [5, 5.41) is 6.58. The Kier molecular flexibility index (Phi) is 1.97. The molecule has 82 valence electrons. The maximum atomic E-state index is 5.78. The van der Waals surface area contributed by atoms with Crippen molar-refractivity contribution in [2.45, 2.75) is 6.04 Å². The quantitative estimate of drug-likeness (QED) is 0.734. The van der Waals surface area contributed by atoms with Crippen LogP contribution in [0.15, 0.2) is 24.3 Å². The van der Waals surface area contributed by atoms with Crippen LogP contribution in [0.3, 0.4) is 0 Å². The van der Waals surface area contributed by atoms with Crippen molar-refractivity contribution in [3.05, 3.63) is 34.6 Å². The van der Waals surface area contributed by atoms with E-state index < -0.39 is 0 Å². The standard InChI is InChI=1S/C10H10N4OS/c11-9-12-13-10(16)14(9)7-5-15-8-4-2-1-3-6(7)8/h1-4,7H,5H2,(H2,11,12)(H,13,16). The minimum atomic E-state index is 0.0162. The average molecular weight is 234 g/mol. The third-order valence-electron chi connectivity index (χ3n) is 2.72. The van der Waals surface area contributed by atoms with Crippen molar-refractivity contribution in [3.8, 4) is 5.75 Å². The molecule has 3 rings (SSSR count). The first kappa shape index (κ1) is 9.41. The molecule has 0 fully saturated rings. The number of nitrogens with two attached hydrogens (primary N) is 1. The number of ether oxygens (including phenoxy) is 1. The molecule has 3 N–H and O–H groups in total. The van der Waals surface area contributed by atoms with E-state index in [0.717, 1.165) is 11.3 Å². The molecule has 0 bridgehead atoms. The van der Waals surface area contributed by atoms with Gasteiger partial charge in [-0.2, -0.15) is 0 Å². The van der Waals surface area contributed by atoms with Crippen LogP contribution in [0, 0.1) is 4.77 Å². The summed E-state index contributed by atoms with van der Waals surface area (Å²) < 4.78 is 7.88. The Morgan fingerprint density at radius 3 is 3.06 bits per heavy atom. The maximum absolute atomic E-state index is 5.78. The van der Waals surface area contributed by atoms with Crippen LogP contribution in [0.5, 0.6) is 5.75 Å². The number of hydrogen-bond acceptors (Lipinski definition) is 4. The van der Waals surface area contributed by atoms with E-state index in [0.29, 0.717) is 17.3 Å². The lowest BCUT2D eigenvalue weighted by Gasteiger charge is -2.10. The number of benzene rings is 1.